The summed E-state index contributed by atoms with van der Waals surface area (Å²) in [5, 5.41) is 0.968. The van der Waals surface area contributed by atoms with Crippen LogP contribution in [0.3, 0.4) is 0 Å². The maximum absolute atomic E-state index is 11.8. The third kappa shape index (κ3) is 2.88. The quantitative estimate of drug-likeness (QED) is 0.792. The number of piperidine rings is 1. The van der Waals surface area contributed by atoms with Crippen LogP contribution in [0, 0.1) is 5.92 Å². The molecule has 1 atom stereocenters. The number of carbonyl (C=O) groups excluding carboxylic acids is 1. The van der Waals surface area contributed by atoms with Crippen LogP contribution in [-0.4, -0.2) is 35.0 Å². The lowest BCUT2D eigenvalue weighted by molar-refractivity contribution is -0.148. The van der Waals surface area contributed by atoms with E-state index in [0.29, 0.717) is 12.5 Å². The number of nitrogens with zero attached hydrogens (tertiary/aromatic N) is 3. The Hall–Kier alpha value is -1.17. The number of rotatable bonds is 4. The van der Waals surface area contributed by atoms with Crippen LogP contribution in [0.2, 0.25) is 0 Å². The maximum atomic E-state index is 11.8. The zero-order chi connectivity index (χ0) is 13.2. The van der Waals surface area contributed by atoms with Gasteiger partial charge in [0.05, 0.1) is 12.5 Å². The third-order valence-electron chi connectivity index (χ3n) is 3.69. The second-order valence-corrected chi connectivity index (χ2v) is 5.98. The molecule has 2 fully saturated rings. The number of hydrogen-bond donors (Lipinski definition) is 0. The molecule has 2 heterocycles. The molecule has 104 valence electrons. The molecule has 0 unspecified atom stereocenters. The number of hydrogen-bond acceptors (Lipinski definition) is 6. The van der Waals surface area contributed by atoms with Crippen LogP contribution >= 0.6 is 11.5 Å². The van der Waals surface area contributed by atoms with Gasteiger partial charge in [-0.1, -0.05) is 0 Å². The lowest BCUT2D eigenvalue weighted by Crippen LogP contribution is -2.39. The molecule has 1 aliphatic heterocycles. The van der Waals surface area contributed by atoms with Gasteiger partial charge in [0.1, 0.15) is 5.82 Å². The number of ether oxygens (including phenoxy) is 1. The van der Waals surface area contributed by atoms with Gasteiger partial charge in [0, 0.05) is 30.5 Å². The molecule has 0 bridgehead atoms. The zero-order valence-corrected chi connectivity index (χ0v) is 12.0. The molecule has 0 aromatic carbocycles. The van der Waals surface area contributed by atoms with E-state index < -0.39 is 0 Å². The fraction of sp³-hybridized carbons (Fsp3) is 0.769. The molecule has 0 spiro atoms. The first-order valence-electron chi connectivity index (χ1n) is 7.03. The summed E-state index contributed by atoms with van der Waals surface area (Å²) < 4.78 is 9.55. The summed E-state index contributed by atoms with van der Waals surface area (Å²) in [6.07, 6.45) is 4.38. The molecule has 1 saturated heterocycles. The first-order valence-corrected chi connectivity index (χ1v) is 7.80. The highest BCUT2D eigenvalue weighted by molar-refractivity contribution is 7.09. The number of esters is 1. The second kappa shape index (κ2) is 5.45. The van der Waals surface area contributed by atoms with Gasteiger partial charge in [-0.2, -0.15) is 4.37 Å². The normalized spacial score (nSPS) is 23.4. The summed E-state index contributed by atoms with van der Waals surface area (Å²) >= 11 is 1.46. The van der Waals surface area contributed by atoms with Crippen molar-refractivity contribution in [1.29, 1.82) is 0 Å². The molecular weight excluding hydrogens is 262 g/mol. The molecule has 1 aliphatic carbocycles. The van der Waals surface area contributed by atoms with Gasteiger partial charge in [0.25, 0.3) is 0 Å². The molecule has 1 saturated carbocycles. The lowest BCUT2D eigenvalue weighted by atomic mass is 9.99. The molecule has 2 aliphatic rings. The first-order chi connectivity index (χ1) is 9.28. The van der Waals surface area contributed by atoms with Crippen LogP contribution in [0.1, 0.15) is 44.3 Å². The molecular formula is C13H19N3O2S. The Kier molecular flexibility index (Phi) is 3.68. The van der Waals surface area contributed by atoms with E-state index in [1.54, 1.807) is 0 Å². The van der Waals surface area contributed by atoms with Crippen LogP contribution < -0.4 is 4.90 Å². The van der Waals surface area contributed by atoms with Crippen LogP contribution in [0.4, 0.5) is 5.13 Å². The standard InChI is InChI=1S/C13H19N3O2S/c1-2-18-12(17)10-4-3-7-16(8-10)13-14-11(15-19-13)9-5-6-9/h9-10H,2-8H2,1H3/t10-/m0/s1. The first kappa shape index (κ1) is 12.8. The average molecular weight is 281 g/mol. The fourth-order valence-corrected chi connectivity index (χ4v) is 3.25. The van der Waals surface area contributed by atoms with E-state index in [1.165, 1.54) is 24.4 Å². The Balaban J connectivity index is 1.64. The number of aromatic nitrogens is 2. The van der Waals surface area contributed by atoms with Gasteiger partial charge in [0.15, 0.2) is 0 Å². The van der Waals surface area contributed by atoms with Crippen molar-refractivity contribution >= 4 is 22.6 Å². The van der Waals surface area contributed by atoms with E-state index in [4.69, 9.17) is 4.74 Å². The molecule has 1 aromatic heterocycles. The zero-order valence-electron chi connectivity index (χ0n) is 11.2. The summed E-state index contributed by atoms with van der Waals surface area (Å²) in [6.45, 7) is 4.00. The number of carbonyl (C=O) groups is 1. The van der Waals surface area contributed by atoms with Crippen molar-refractivity contribution in [1.82, 2.24) is 9.36 Å². The molecule has 19 heavy (non-hydrogen) atoms. The van der Waals surface area contributed by atoms with Crippen LogP contribution in [0.5, 0.6) is 0 Å². The van der Waals surface area contributed by atoms with E-state index >= 15 is 0 Å². The van der Waals surface area contributed by atoms with Crippen molar-refractivity contribution in [3.05, 3.63) is 5.82 Å². The SMILES string of the molecule is CCOC(=O)[C@H]1CCCN(c2nc(C3CC3)ns2)C1. The predicted octanol–water partition coefficient (Wildman–Crippen LogP) is 2.20. The van der Waals surface area contributed by atoms with Crippen molar-refractivity contribution in [2.45, 2.75) is 38.5 Å². The molecule has 3 rings (SSSR count). The highest BCUT2D eigenvalue weighted by Gasteiger charge is 2.31. The second-order valence-electron chi connectivity index (χ2n) is 5.25. The monoisotopic (exact) mass is 281 g/mol. The van der Waals surface area contributed by atoms with Gasteiger partial charge in [-0.3, -0.25) is 4.79 Å². The van der Waals surface area contributed by atoms with Crippen LogP contribution in [0.15, 0.2) is 0 Å². The third-order valence-corrected chi connectivity index (χ3v) is 4.48. The highest BCUT2D eigenvalue weighted by Crippen LogP contribution is 2.40. The molecule has 0 amide bonds. The summed E-state index contributed by atoms with van der Waals surface area (Å²) in [6, 6.07) is 0. The molecule has 5 nitrogen and oxygen atoms in total. The Bertz CT molecular complexity index is 458. The van der Waals surface area contributed by atoms with Gasteiger partial charge >= 0.3 is 5.97 Å². The largest absolute Gasteiger partial charge is 0.466 e. The molecule has 6 heteroatoms. The van der Waals surface area contributed by atoms with Crippen molar-refractivity contribution in [3.63, 3.8) is 0 Å². The van der Waals surface area contributed by atoms with Gasteiger partial charge in [0.2, 0.25) is 5.13 Å². The van der Waals surface area contributed by atoms with Crippen LogP contribution in [0.25, 0.3) is 0 Å². The van der Waals surface area contributed by atoms with E-state index in [0.717, 1.165) is 36.9 Å². The predicted molar refractivity (Wildman–Crippen MR) is 73.5 cm³/mol. The maximum Gasteiger partial charge on any atom is 0.310 e. The summed E-state index contributed by atoms with van der Waals surface area (Å²) in [5.74, 6) is 1.51. The van der Waals surface area contributed by atoms with Crippen molar-refractivity contribution < 1.29 is 9.53 Å². The Morgan fingerprint density at radius 1 is 1.47 bits per heavy atom. The Morgan fingerprint density at radius 2 is 2.32 bits per heavy atom. The molecule has 0 N–H and O–H groups in total. The highest BCUT2D eigenvalue weighted by atomic mass is 32.1. The average Bonchev–Trinajstić information content (AvgIpc) is 3.17. The van der Waals surface area contributed by atoms with E-state index in [2.05, 4.69) is 14.3 Å². The number of anilines is 1. The van der Waals surface area contributed by atoms with Gasteiger partial charge in [-0.05, 0) is 32.6 Å². The van der Waals surface area contributed by atoms with Crippen molar-refractivity contribution in [3.8, 4) is 0 Å². The minimum atomic E-state index is -0.0702. The molecule has 1 aromatic rings. The fourth-order valence-electron chi connectivity index (χ4n) is 2.47. The van der Waals surface area contributed by atoms with Crippen molar-refractivity contribution in [2.75, 3.05) is 24.6 Å². The van der Waals surface area contributed by atoms with Crippen LogP contribution in [-0.2, 0) is 9.53 Å². The summed E-state index contributed by atoms with van der Waals surface area (Å²) in [4.78, 5) is 18.6. The van der Waals surface area contributed by atoms with E-state index in [-0.39, 0.29) is 11.9 Å². The minimum absolute atomic E-state index is 0.0121. The van der Waals surface area contributed by atoms with Gasteiger partial charge in [-0.15, -0.1) is 0 Å². The topological polar surface area (TPSA) is 55.3 Å². The van der Waals surface area contributed by atoms with Crippen molar-refractivity contribution in [2.24, 2.45) is 5.92 Å². The molecule has 0 radical (unpaired) electrons. The van der Waals surface area contributed by atoms with Gasteiger partial charge < -0.3 is 9.64 Å². The summed E-state index contributed by atoms with van der Waals surface area (Å²) in [7, 11) is 0. The van der Waals surface area contributed by atoms with E-state index in [9.17, 15) is 4.79 Å². The van der Waals surface area contributed by atoms with E-state index in [1.807, 2.05) is 6.92 Å². The minimum Gasteiger partial charge on any atom is -0.466 e. The smallest absolute Gasteiger partial charge is 0.310 e. The Morgan fingerprint density at radius 3 is 3.05 bits per heavy atom. The Labute approximate surface area is 117 Å². The lowest BCUT2D eigenvalue weighted by Gasteiger charge is -2.30. The summed E-state index contributed by atoms with van der Waals surface area (Å²) in [5.41, 5.74) is 0. The van der Waals surface area contributed by atoms with Gasteiger partial charge in [-0.25, -0.2) is 4.98 Å².